The van der Waals surface area contributed by atoms with Crippen LogP contribution in [-0.4, -0.2) is 44.8 Å². The van der Waals surface area contributed by atoms with Gasteiger partial charge in [0.2, 0.25) is 0 Å². The van der Waals surface area contributed by atoms with Gasteiger partial charge in [-0.2, -0.15) is 0 Å². The number of halogens is 1. The summed E-state index contributed by atoms with van der Waals surface area (Å²) < 4.78 is 5.32. The fraction of sp³-hybridized carbons (Fsp3) is 0.647. The van der Waals surface area contributed by atoms with Crippen LogP contribution in [0.5, 0.6) is 0 Å². The molecule has 0 heterocycles. The first-order valence-electron chi connectivity index (χ1n) is 7.89. The van der Waals surface area contributed by atoms with E-state index in [2.05, 4.69) is 30.3 Å². The lowest BCUT2D eigenvalue weighted by Gasteiger charge is -2.25. The zero-order valence-electron chi connectivity index (χ0n) is 13.6. The summed E-state index contributed by atoms with van der Waals surface area (Å²) in [6, 6.07) is 8.49. The molecule has 1 unspecified atom stereocenters. The second kappa shape index (κ2) is 11.0. The molecule has 1 rings (SSSR count). The van der Waals surface area contributed by atoms with Crippen LogP contribution in [0.1, 0.15) is 38.3 Å². The predicted octanol–water partition coefficient (Wildman–Crippen LogP) is 3.74. The maximum Gasteiger partial charge on any atom is 0.0466 e. The van der Waals surface area contributed by atoms with Crippen LogP contribution in [-0.2, 0) is 4.74 Å². The molecule has 0 saturated heterocycles. The molecule has 0 radical (unpaired) electrons. The molecule has 0 bridgehead atoms. The number of benzene rings is 1. The second-order valence-corrected chi connectivity index (χ2v) is 5.80. The van der Waals surface area contributed by atoms with Crippen LogP contribution in [0.15, 0.2) is 24.3 Å². The number of hydrogen-bond acceptors (Lipinski definition) is 3. The summed E-state index contributed by atoms with van der Waals surface area (Å²) in [4.78, 5) is 2.35. The van der Waals surface area contributed by atoms with E-state index in [9.17, 15) is 0 Å². The summed E-state index contributed by atoms with van der Waals surface area (Å²) in [6.07, 6.45) is 2.31. The molecule has 0 aliphatic carbocycles. The number of likely N-dealkylation sites (N-methyl/N-ethyl adjacent to an activating group) is 1. The van der Waals surface area contributed by atoms with Gasteiger partial charge in [0.15, 0.2) is 0 Å². The van der Waals surface area contributed by atoms with Crippen molar-refractivity contribution in [2.45, 2.75) is 32.7 Å². The lowest BCUT2D eigenvalue weighted by atomic mass is 10.1. The van der Waals surface area contributed by atoms with E-state index < -0.39 is 0 Å². The van der Waals surface area contributed by atoms with E-state index >= 15 is 0 Å². The second-order valence-electron chi connectivity index (χ2n) is 5.37. The van der Waals surface area contributed by atoms with Gasteiger partial charge in [-0.25, -0.2) is 0 Å². The number of unbranched alkanes of at least 4 members (excludes halogenated alkanes) is 1. The average Bonchev–Trinajstić information content (AvgIpc) is 2.49. The molecule has 0 aromatic heterocycles. The van der Waals surface area contributed by atoms with E-state index in [1.54, 1.807) is 0 Å². The number of rotatable bonds is 11. The van der Waals surface area contributed by atoms with Crippen molar-refractivity contribution < 1.29 is 4.74 Å². The minimum atomic E-state index is 0.378. The van der Waals surface area contributed by atoms with Crippen molar-refractivity contribution in [1.82, 2.24) is 10.2 Å². The topological polar surface area (TPSA) is 24.5 Å². The Balaban J connectivity index is 2.14. The Morgan fingerprint density at radius 2 is 2.10 bits per heavy atom. The van der Waals surface area contributed by atoms with Gasteiger partial charge in [0.1, 0.15) is 0 Å². The van der Waals surface area contributed by atoms with Gasteiger partial charge in [0, 0.05) is 37.4 Å². The van der Waals surface area contributed by atoms with Crippen LogP contribution >= 0.6 is 11.6 Å². The summed E-state index contributed by atoms with van der Waals surface area (Å²) >= 11 is 6.05. The van der Waals surface area contributed by atoms with Crippen LogP contribution in [0.4, 0.5) is 0 Å². The van der Waals surface area contributed by atoms with Crippen molar-refractivity contribution in [1.29, 1.82) is 0 Å². The zero-order chi connectivity index (χ0) is 15.5. The van der Waals surface area contributed by atoms with Gasteiger partial charge in [-0.15, -0.1) is 0 Å². The molecule has 1 atom stereocenters. The first-order valence-corrected chi connectivity index (χ1v) is 8.27. The normalized spacial score (nSPS) is 12.8. The van der Waals surface area contributed by atoms with Crippen molar-refractivity contribution in [3.63, 3.8) is 0 Å². The highest BCUT2D eigenvalue weighted by atomic mass is 35.5. The van der Waals surface area contributed by atoms with Crippen molar-refractivity contribution in [2.24, 2.45) is 0 Å². The van der Waals surface area contributed by atoms with Crippen LogP contribution in [0.3, 0.4) is 0 Å². The lowest BCUT2D eigenvalue weighted by molar-refractivity contribution is 0.143. The third kappa shape index (κ3) is 7.82. The molecule has 0 amide bonds. The van der Waals surface area contributed by atoms with E-state index in [0.717, 1.165) is 44.3 Å². The summed E-state index contributed by atoms with van der Waals surface area (Å²) in [5.74, 6) is 0. The molecule has 21 heavy (non-hydrogen) atoms. The molecule has 0 aliphatic rings. The Morgan fingerprint density at radius 3 is 2.81 bits per heavy atom. The third-order valence-corrected chi connectivity index (χ3v) is 3.96. The van der Waals surface area contributed by atoms with Crippen molar-refractivity contribution in [3.05, 3.63) is 34.9 Å². The van der Waals surface area contributed by atoms with E-state index in [4.69, 9.17) is 16.3 Å². The summed E-state index contributed by atoms with van der Waals surface area (Å²) in [6.45, 7) is 9.05. The Labute approximate surface area is 134 Å². The quantitative estimate of drug-likeness (QED) is 0.630. The Hall–Kier alpha value is -0.610. The van der Waals surface area contributed by atoms with E-state index in [1.807, 2.05) is 25.1 Å². The van der Waals surface area contributed by atoms with Crippen LogP contribution < -0.4 is 5.32 Å². The minimum Gasteiger partial charge on any atom is -0.382 e. The first kappa shape index (κ1) is 18.4. The summed E-state index contributed by atoms with van der Waals surface area (Å²) in [7, 11) is 2.16. The minimum absolute atomic E-state index is 0.378. The molecule has 1 aromatic carbocycles. The molecule has 3 nitrogen and oxygen atoms in total. The first-order chi connectivity index (χ1) is 10.1. The maximum atomic E-state index is 6.05. The number of ether oxygens (including phenoxy) is 1. The monoisotopic (exact) mass is 312 g/mol. The standard InChI is InChI=1S/C17H29ClN2O/c1-4-21-13-6-5-10-19-11-12-20(3)15(2)16-8-7-9-17(18)14-16/h7-9,14-15,19H,4-6,10-13H2,1-3H3. The Morgan fingerprint density at radius 1 is 1.29 bits per heavy atom. The van der Waals surface area contributed by atoms with Crippen molar-refractivity contribution in [3.8, 4) is 0 Å². The molecular weight excluding hydrogens is 284 g/mol. The van der Waals surface area contributed by atoms with Gasteiger partial charge in [0.05, 0.1) is 0 Å². The van der Waals surface area contributed by atoms with Crippen LogP contribution in [0.25, 0.3) is 0 Å². The zero-order valence-corrected chi connectivity index (χ0v) is 14.3. The molecule has 0 saturated carbocycles. The molecule has 0 aliphatic heterocycles. The Bertz CT molecular complexity index is 387. The largest absolute Gasteiger partial charge is 0.382 e. The molecule has 0 spiro atoms. The van der Waals surface area contributed by atoms with Gasteiger partial charge in [-0.1, -0.05) is 23.7 Å². The molecular formula is C17H29ClN2O. The van der Waals surface area contributed by atoms with Gasteiger partial charge in [0.25, 0.3) is 0 Å². The molecule has 1 N–H and O–H groups in total. The number of nitrogens with zero attached hydrogens (tertiary/aromatic N) is 1. The molecule has 4 heteroatoms. The van der Waals surface area contributed by atoms with Crippen molar-refractivity contribution >= 4 is 11.6 Å². The highest BCUT2D eigenvalue weighted by Gasteiger charge is 2.11. The van der Waals surface area contributed by atoms with Gasteiger partial charge >= 0.3 is 0 Å². The van der Waals surface area contributed by atoms with Gasteiger partial charge < -0.3 is 10.1 Å². The maximum absolute atomic E-state index is 6.05. The third-order valence-electron chi connectivity index (χ3n) is 3.73. The van der Waals surface area contributed by atoms with Crippen molar-refractivity contribution in [2.75, 3.05) is 39.9 Å². The van der Waals surface area contributed by atoms with E-state index in [-0.39, 0.29) is 0 Å². The number of hydrogen-bond donors (Lipinski definition) is 1. The average molecular weight is 313 g/mol. The Kier molecular flexibility index (Phi) is 9.68. The van der Waals surface area contributed by atoms with E-state index in [0.29, 0.717) is 6.04 Å². The fourth-order valence-electron chi connectivity index (χ4n) is 2.19. The molecule has 120 valence electrons. The number of nitrogens with one attached hydrogen (secondary N) is 1. The predicted molar refractivity (Wildman–Crippen MR) is 91.1 cm³/mol. The summed E-state index contributed by atoms with van der Waals surface area (Å²) in [5, 5.41) is 4.29. The summed E-state index contributed by atoms with van der Waals surface area (Å²) in [5.41, 5.74) is 1.27. The molecule has 0 fully saturated rings. The van der Waals surface area contributed by atoms with Crippen LogP contribution in [0.2, 0.25) is 5.02 Å². The smallest absolute Gasteiger partial charge is 0.0466 e. The SMILES string of the molecule is CCOCCCCNCCN(C)C(C)c1cccc(Cl)c1. The van der Waals surface area contributed by atoms with E-state index in [1.165, 1.54) is 12.0 Å². The van der Waals surface area contributed by atoms with Crippen LogP contribution in [0, 0.1) is 0 Å². The lowest BCUT2D eigenvalue weighted by Crippen LogP contribution is -2.31. The fourth-order valence-corrected chi connectivity index (χ4v) is 2.39. The van der Waals surface area contributed by atoms with Gasteiger partial charge in [-0.3, -0.25) is 4.90 Å². The highest BCUT2D eigenvalue weighted by Crippen LogP contribution is 2.21. The van der Waals surface area contributed by atoms with Gasteiger partial charge in [-0.05, 0) is 58.0 Å². The highest BCUT2D eigenvalue weighted by molar-refractivity contribution is 6.30. The molecule has 1 aromatic rings.